The molecule has 2 unspecified atom stereocenters. The zero-order valence-corrected chi connectivity index (χ0v) is 23.7. The summed E-state index contributed by atoms with van der Waals surface area (Å²) in [6.45, 7) is 19.8. The lowest BCUT2D eigenvalue weighted by Crippen LogP contribution is -2.60. The highest BCUT2D eigenvalue weighted by Gasteiger charge is 2.43. The third-order valence-electron chi connectivity index (χ3n) is 5.30. The van der Waals surface area contributed by atoms with E-state index in [0.717, 1.165) is 11.1 Å². The molecule has 2 atom stereocenters. The molecule has 0 heterocycles. The first-order valence-corrected chi connectivity index (χ1v) is 12.1. The van der Waals surface area contributed by atoms with Crippen molar-refractivity contribution in [2.75, 3.05) is 0 Å². The van der Waals surface area contributed by atoms with Crippen LogP contribution in [-0.4, -0.2) is 51.4 Å². The van der Waals surface area contributed by atoms with Crippen molar-refractivity contribution in [1.82, 2.24) is 15.5 Å². The number of aryl methyl sites for hydroxylation is 1. The molecule has 0 aliphatic rings. The van der Waals surface area contributed by atoms with Gasteiger partial charge in [0.25, 0.3) is 0 Å². The zero-order chi connectivity index (χ0) is 28.2. The van der Waals surface area contributed by atoms with Gasteiger partial charge in [-0.2, -0.15) is 0 Å². The number of hydrogen-bond donors (Lipinski definition) is 3. The molecule has 0 aliphatic heterocycles. The first kappa shape index (κ1) is 30.9. The molecule has 1 aromatic rings. The molecule has 0 saturated heterocycles. The Morgan fingerprint density at radius 1 is 0.972 bits per heavy atom. The number of carbonyl (C=O) groups is 4. The minimum absolute atomic E-state index is 0.380. The minimum atomic E-state index is -1.33. The molecule has 9 heteroatoms. The third kappa shape index (κ3) is 9.17. The van der Waals surface area contributed by atoms with Gasteiger partial charge in [0.15, 0.2) is 0 Å². The van der Waals surface area contributed by atoms with Gasteiger partial charge in [0.2, 0.25) is 17.7 Å². The Balaban J connectivity index is 3.71. The first-order chi connectivity index (χ1) is 16.1. The van der Waals surface area contributed by atoms with Gasteiger partial charge >= 0.3 is 6.09 Å². The van der Waals surface area contributed by atoms with E-state index >= 15 is 0 Å². The number of carbonyl (C=O) groups excluding carboxylic acids is 4. The second kappa shape index (κ2) is 11.3. The molecule has 36 heavy (non-hydrogen) atoms. The van der Waals surface area contributed by atoms with Crippen LogP contribution in [0, 0.1) is 13.8 Å². The van der Waals surface area contributed by atoms with Gasteiger partial charge in [-0.1, -0.05) is 18.2 Å². The van der Waals surface area contributed by atoms with Gasteiger partial charge < -0.3 is 26.0 Å². The Hall–Kier alpha value is -3.10. The summed E-state index contributed by atoms with van der Waals surface area (Å²) in [5, 5.41) is 5.48. The van der Waals surface area contributed by atoms with Crippen molar-refractivity contribution in [3.8, 4) is 0 Å². The Kier molecular flexibility index (Phi) is 9.72. The largest absolute Gasteiger partial charge is 0.444 e. The summed E-state index contributed by atoms with van der Waals surface area (Å²) < 4.78 is 5.31. The van der Waals surface area contributed by atoms with E-state index in [1.54, 1.807) is 41.5 Å². The fourth-order valence-electron chi connectivity index (χ4n) is 3.77. The van der Waals surface area contributed by atoms with Crippen molar-refractivity contribution in [3.63, 3.8) is 0 Å². The van der Waals surface area contributed by atoms with E-state index in [9.17, 15) is 19.2 Å². The van der Waals surface area contributed by atoms with Crippen LogP contribution in [0.5, 0.6) is 0 Å². The Bertz CT molecular complexity index is 983. The fraction of sp³-hybridized carbons (Fsp3) is 0.630. The zero-order valence-electron chi connectivity index (χ0n) is 23.7. The van der Waals surface area contributed by atoms with Gasteiger partial charge in [-0.25, -0.2) is 4.79 Å². The molecule has 4 amide bonds. The maximum Gasteiger partial charge on any atom is 0.408 e. The van der Waals surface area contributed by atoms with E-state index in [4.69, 9.17) is 10.5 Å². The second-order valence-corrected chi connectivity index (χ2v) is 12.2. The van der Waals surface area contributed by atoms with E-state index in [-0.39, 0.29) is 5.91 Å². The van der Waals surface area contributed by atoms with Crippen LogP contribution in [0.3, 0.4) is 0 Å². The molecule has 0 saturated carbocycles. The molecule has 0 spiro atoms. The summed E-state index contributed by atoms with van der Waals surface area (Å²) in [5.41, 5.74) is 5.64. The molecule has 1 rings (SSSR count). The third-order valence-corrected chi connectivity index (χ3v) is 5.30. The Morgan fingerprint density at radius 2 is 1.53 bits per heavy atom. The summed E-state index contributed by atoms with van der Waals surface area (Å²) in [7, 11) is 0. The molecular formula is C27H44N4O5. The molecule has 0 radical (unpaired) electrons. The quantitative estimate of drug-likeness (QED) is 0.522. The van der Waals surface area contributed by atoms with Crippen molar-refractivity contribution in [1.29, 1.82) is 0 Å². The Morgan fingerprint density at radius 3 is 1.97 bits per heavy atom. The summed E-state index contributed by atoms with van der Waals surface area (Å²) in [4.78, 5) is 53.7. The molecule has 1 aromatic carbocycles. The summed E-state index contributed by atoms with van der Waals surface area (Å²) in [5.74, 6) is -1.78. The van der Waals surface area contributed by atoms with Crippen molar-refractivity contribution >= 4 is 23.8 Å². The number of primary amides is 1. The molecule has 202 valence electrons. The molecule has 0 fully saturated rings. The van der Waals surface area contributed by atoms with E-state index < -0.39 is 53.1 Å². The average molecular weight is 505 g/mol. The first-order valence-electron chi connectivity index (χ1n) is 12.1. The predicted molar refractivity (Wildman–Crippen MR) is 140 cm³/mol. The monoisotopic (exact) mass is 504 g/mol. The van der Waals surface area contributed by atoms with Crippen LogP contribution in [-0.2, 0) is 19.1 Å². The number of nitrogens with one attached hydrogen (secondary N) is 2. The highest BCUT2D eigenvalue weighted by Crippen LogP contribution is 2.33. The SMILES string of the molecule is Cc1cccc(C(C(=O)NC(C)(C)C)N(C(=O)C(CC(N)=O)NC(=O)OC(C)(C)C)C(C)(C)C)c1C. The van der Waals surface area contributed by atoms with Crippen molar-refractivity contribution in [2.45, 2.75) is 111 Å². The number of benzene rings is 1. The molecular weight excluding hydrogens is 460 g/mol. The maximum atomic E-state index is 14.1. The highest BCUT2D eigenvalue weighted by atomic mass is 16.6. The van der Waals surface area contributed by atoms with Crippen LogP contribution in [0.15, 0.2) is 18.2 Å². The Labute approximate surface area is 215 Å². The van der Waals surface area contributed by atoms with Crippen molar-refractivity contribution in [2.24, 2.45) is 5.73 Å². The molecule has 0 bridgehead atoms. The van der Waals surface area contributed by atoms with Crippen molar-refractivity contribution in [3.05, 3.63) is 34.9 Å². The number of ether oxygens (including phenoxy) is 1. The number of amides is 4. The highest BCUT2D eigenvalue weighted by molar-refractivity contribution is 5.95. The molecule has 0 aromatic heterocycles. The van der Waals surface area contributed by atoms with Crippen LogP contribution in [0.1, 0.15) is 91.5 Å². The van der Waals surface area contributed by atoms with E-state index in [0.29, 0.717) is 5.56 Å². The number of nitrogens with two attached hydrogens (primary N) is 1. The molecule has 9 nitrogen and oxygen atoms in total. The summed E-state index contributed by atoms with van der Waals surface area (Å²) >= 11 is 0. The summed E-state index contributed by atoms with van der Waals surface area (Å²) in [6, 6.07) is 3.21. The topological polar surface area (TPSA) is 131 Å². The van der Waals surface area contributed by atoms with Gasteiger partial charge in [0.05, 0.1) is 6.42 Å². The van der Waals surface area contributed by atoms with Crippen molar-refractivity contribution < 1.29 is 23.9 Å². The second-order valence-electron chi connectivity index (χ2n) is 12.2. The maximum absolute atomic E-state index is 14.1. The minimum Gasteiger partial charge on any atom is -0.444 e. The van der Waals surface area contributed by atoms with Crippen LogP contribution in [0.4, 0.5) is 4.79 Å². The van der Waals surface area contributed by atoms with Gasteiger partial charge in [-0.05, 0) is 92.9 Å². The normalized spacial score (nSPS) is 13.9. The van der Waals surface area contributed by atoms with E-state index in [1.807, 2.05) is 52.8 Å². The lowest BCUT2D eigenvalue weighted by molar-refractivity contribution is -0.149. The van der Waals surface area contributed by atoms with E-state index in [1.165, 1.54) is 4.90 Å². The average Bonchev–Trinajstić information content (AvgIpc) is 2.63. The van der Waals surface area contributed by atoms with Crippen LogP contribution in [0.25, 0.3) is 0 Å². The fourth-order valence-corrected chi connectivity index (χ4v) is 3.77. The lowest BCUT2D eigenvalue weighted by Gasteiger charge is -2.44. The lowest BCUT2D eigenvalue weighted by atomic mass is 9.90. The van der Waals surface area contributed by atoms with Gasteiger partial charge in [0, 0.05) is 11.1 Å². The standard InChI is InChI=1S/C27H44N4O5/c1-16-13-12-14-18(17(16)2)21(22(33)30-25(3,4)5)31(26(6,7)8)23(34)19(15-20(28)32)29-24(35)36-27(9,10)11/h12-14,19,21H,15H2,1-11H3,(H2,28,32)(H,29,35)(H,30,33). The van der Waals surface area contributed by atoms with Crippen LogP contribution < -0.4 is 16.4 Å². The number of rotatable bonds is 7. The van der Waals surface area contributed by atoms with Gasteiger partial charge in [-0.3, -0.25) is 14.4 Å². The number of nitrogens with zero attached hydrogens (tertiary/aromatic N) is 1. The van der Waals surface area contributed by atoms with Crippen LogP contribution >= 0.6 is 0 Å². The summed E-state index contributed by atoms with van der Waals surface area (Å²) in [6.07, 6.45) is -1.32. The predicted octanol–water partition coefficient (Wildman–Crippen LogP) is 3.66. The smallest absolute Gasteiger partial charge is 0.408 e. The van der Waals surface area contributed by atoms with Gasteiger partial charge in [-0.15, -0.1) is 0 Å². The molecule has 0 aliphatic carbocycles. The van der Waals surface area contributed by atoms with E-state index in [2.05, 4.69) is 10.6 Å². The number of alkyl carbamates (subject to hydrolysis) is 1. The number of hydrogen-bond acceptors (Lipinski definition) is 5. The molecule has 4 N–H and O–H groups in total. The van der Waals surface area contributed by atoms with Crippen LogP contribution in [0.2, 0.25) is 0 Å². The van der Waals surface area contributed by atoms with Gasteiger partial charge in [0.1, 0.15) is 17.7 Å².